The molecule has 0 aromatic carbocycles. The Morgan fingerprint density at radius 1 is 1.50 bits per heavy atom. The van der Waals surface area contributed by atoms with Gasteiger partial charge in [0.15, 0.2) is 0 Å². The average Bonchev–Trinajstić information content (AvgIpc) is 2.74. The number of hydrogen-bond acceptors (Lipinski definition) is 3. The lowest BCUT2D eigenvalue weighted by molar-refractivity contribution is 0.0696. The quantitative estimate of drug-likeness (QED) is 0.827. The Morgan fingerprint density at radius 3 is 2.81 bits per heavy atom. The molecule has 0 spiro atoms. The molecule has 2 rings (SSSR count). The van der Waals surface area contributed by atoms with Crippen molar-refractivity contribution in [2.24, 2.45) is 7.05 Å². The first-order chi connectivity index (χ1) is 7.59. The van der Waals surface area contributed by atoms with Crippen LogP contribution in [0.5, 0.6) is 0 Å². The third-order valence-electron chi connectivity index (χ3n) is 2.25. The van der Waals surface area contributed by atoms with Crippen LogP contribution in [0.25, 0.3) is 11.3 Å². The van der Waals surface area contributed by atoms with Crippen LogP contribution >= 0.6 is 0 Å². The van der Waals surface area contributed by atoms with Crippen LogP contribution in [0.4, 0.5) is 0 Å². The van der Waals surface area contributed by atoms with Crippen LogP contribution in [0.3, 0.4) is 0 Å². The number of rotatable bonds is 2. The van der Waals surface area contributed by atoms with Crippen LogP contribution in [-0.4, -0.2) is 15.6 Å². The van der Waals surface area contributed by atoms with Crippen molar-refractivity contribution in [3.8, 4) is 11.3 Å². The number of aryl methyl sites for hydroxylation is 1. The Morgan fingerprint density at radius 2 is 2.25 bits per heavy atom. The van der Waals surface area contributed by atoms with Crippen molar-refractivity contribution in [1.82, 2.24) is 4.57 Å². The van der Waals surface area contributed by atoms with Gasteiger partial charge in [0.2, 0.25) is 0 Å². The first kappa shape index (κ1) is 10.2. The van der Waals surface area contributed by atoms with Gasteiger partial charge in [-0.1, -0.05) is 0 Å². The molecule has 0 radical (unpaired) electrons. The number of carbonyl (C=O) groups is 1. The summed E-state index contributed by atoms with van der Waals surface area (Å²) in [7, 11) is 1.50. The Balaban J connectivity index is 2.73. The molecule has 1 N–H and O–H groups in total. The van der Waals surface area contributed by atoms with Gasteiger partial charge < -0.3 is 14.1 Å². The Labute approximate surface area is 90.6 Å². The minimum atomic E-state index is -1.10. The van der Waals surface area contributed by atoms with Gasteiger partial charge in [-0.05, 0) is 12.1 Å². The number of pyridine rings is 1. The van der Waals surface area contributed by atoms with Gasteiger partial charge in [0.05, 0.1) is 11.8 Å². The summed E-state index contributed by atoms with van der Waals surface area (Å²) >= 11 is 0. The summed E-state index contributed by atoms with van der Waals surface area (Å²) in [5.74, 6) is -0.725. The van der Waals surface area contributed by atoms with E-state index in [2.05, 4.69) is 0 Å². The van der Waals surface area contributed by atoms with E-state index < -0.39 is 5.97 Å². The predicted molar refractivity (Wildman–Crippen MR) is 56.3 cm³/mol. The highest BCUT2D eigenvalue weighted by molar-refractivity contribution is 5.94. The molecule has 0 fully saturated rings. The van der Waals surface area contributed by atoms with E-state index in [1.807, 2.05) is 0 Å². The van der Waals surface area contributed by atoms with Crippen molar-refractivity contribution < 1.29 is 14.3 Å². The van der Waals surface area contributed by atoms with Gasteiger partial charge >= 0.3 is 5.97 Å². The number of aromatic carboxylic acids is 1. The summed E-state index contributed by atoms with van der Waals surface area (Å²) < 4.78 is 6.31. The van der Waals surface area contributed by atoms with Gasteiger partial charge in [-0.3, -0.25) is 4.79 Å². The number of carboxylic acid groups (broad SMARTS) is 1. The van der Waals surface area contributed by atoms with E-state index in [0.29, 0.717) is 11.3 Å². The van der Waals surface area contributed by atoms with E-state index in [1.54, 1.807) is 12.1 Å². The topological polar surface area (TPSA) is 72.4 Å². The molecule has 0 saturated heterocycles. The Hall–Kier alpha value is -2.30. The van der Waals surface area contributed by atoms with Crippen LogP contribution in [-0.2, 0) is 7.05 Å². The van der Waals surface area contributed by atoms with Crippen LogP contribution in [0.1, 0.15) is 10.4 Å². The predicted octanol–water partition coefficient (Wildman–Crippen LogP) is 1.34. The maximum atomic E-state index is 11.4. The molecule has 2 aromatic heterocycles. The lowest BCUT2D eigenvalue weighted by Crippen LogP contribution is -2.18. The second-order valence-electron chi connectivity index (χ2n) is 3.33. The highest BCUT2D eigenvalue weighted by atomic mass is 16.4. The maximum absolute atomic E-state index is 11.4. The Bertz CT molecular complexity index is 581. The van der Waals surface area contributed by atoms with Gasteiger partial charge in [-0.15, -0.1) is 0 Å². The van der Waals surface area contributed by atoms with Crippen molar-refractivity contribution in [2.45, 2.75) is 0 Å². The molecule has 16 heavy (non-hydrogen) atoms. The van der Waals surface area contributed by atoms with Crippen LogP contribution in [0.15, 0.2) is 39.9 Å². The van der Waals surface area contributed by atoms with Crippen molar-refractivity contribution in [2.75, 3.05) is 0 Å². The molecule has 2 heterocycles. The number of aromatic nitrogens is 1. The van der Waals surface area contributed by atoms with E-state index in [9.17, 15) is 9.59 Å². The fourth-order valence-electron chi connectivity index (χ4n) is 1.44. The van der Waals surface area contributed by atoms with Gasteiger partial charge in [-0.2, -0.15) is 0 Å². The summed E-state index contributed by atoms with van der Waals surface area (Å²) in [5, 5.41) is 9.02. The van der Waals surface area contributed by atoms with Gasteiger partial charge in [-0.25, -0.2) is 4.79 Å². The fourth-order valence-corrected chi connectivity index (χ4v) is 1.44. The lowest BCUT2D eigenvalue weighted by atomic mass is 10.1. The molecule has 5 nitrogen and oxygen atoms in total. The zero-order valence-electron chi connectivity index (χ0n) is 8.51. The molecular weight excluding hydrogens is 210 g/mol. The fraction of sp³-hybridized carbons (Fsp3) is 0.0909. The molecule has 0 amide bonds. The highest BCUT2D eigenvalue weighted by Crippen LogP contribution is 2.22. The normalized spacial score (nSPS) is 10.3. The molecule has 82 valence electrons. The summed E-state index contributed by atoms with van der Waals surface area (Å²) in [6.07, 6.45) is 2.71. The Kier molecular flexibility index (Phi) is 2.36. The monoisotopic (exact) mass is 219 g/mol. The van der Waals surface area contributed by atoms with Gasteiger partial charge in [0.25, 0.3) is 5.56 Å². The van der Waals surface area contributed by atoms with Crippen molar-refractivity contribution in [1.29, 1.82) is 0 Å². The number of nitrogens with zero attached hydrogens (tertiary/aromatic N) is 1. The molecule has 0 aliphatic rings. The van der Waals surface area contributed by atoms with E-state index in [4.69, 9.17) is 9.52 Å². The summed E-state index contributed by atoms with van der Waals surface area (Å²) in [5.41, 5.74) is 0.0500. The standard InChI is InChI=1S/C11H9NO4/c1-12-6-8(11(14)15)7(5-10(12)13)9-3-2-4-16-9/h2-6H,1H3,(H,14,15). The van der Waals surface area contributed by atoms with Crippen molar-refractivity contribution in [3.05, 3.63) is 46.6 Å². The second-order valence-corrected chi connectivity index (χ2v) is 3.33. The van der Waals surface area contributed by atoms with Crippen LogP contribution < -0.4 is 5.56 Å². The zero-order valence-corrected chi connectivity index (χ0v) is 8.51. The zero-order chi connectivity index (χ0) is 11.7. The summed E-state index contributed by atoms with van der Waals surface area (Å²) in [4.78, 5) is 22.5. The average molecular weight is 219 g/mol. The molecule has 0 atom stereocenters. The maximum Gasteiger partial charge on any atom is 0.337 e. The van der Waals surface area contributed by atoms with E-state index in [0.717, 1.165) is 0 Å². The van der Waals surface area contributed by atoms with Crippen molar-refractivity contribution in [3.63, 3.8) is 0 Å². The third-order valence-corrected chi connectivity index (χ3v) is 2.25. The van der Waals surface area contributed by atoms with E-state index in [1.165, 1.54) is 30.1 Å². The molecule has 2 aromatic rings. The highest BCUT2D eigenvalue weighted by Gasteiger charge is 2.15. The summed E-state index contributed by atoms with van der Waals surface area (Å²) in [6.45, 7) is 0. The first-order valence-electron chi connectivity index (χ1n) is 4.57. The van der Waals surface area contributed by atoms with Crippen LogP contribution in [0.2, 0.25) is 0 Å². The molecule has 0 aliphatic heterocycles. The number of carboxylic acids is 1. The molecule has 0 saturated carbocycles. The van der Waals surface area contributed by atoms with Gasteiger partial charge in [0, 0.05) is 24.9 Å². The third kappa shape index (κ3) is 1.63. The lowest BCUT2D eigenvalue weighted by Gasteiger charge is -2.04. The largest absolute Gasteiger partial charge is 0.478 e. The minimum absolute atomic E-state index is 0.0389. The molecule has 0 unspecified atom stereocenters. The summed E-state index contributed by atoms with van der Waals surface area (Å²) in [6, 6.07) is 4.50. The second kappa shape index (κ2) is 3.69. The van der Waals surface area contributed by atoms with E-state index >= 15 is 0 Å². The molecule has 0 aliphatic carbocycles. The number of furan rings is 1. The first-order valence-corrected chi connectivity index (χ1v) is 4.57. The van der Waals surface area contributed by atoms with E-state index in [-0.39, 0.29) is 11.1 Å². The molecule has 5 heteroatoms. The number of hydrogen-bond donors (Lipinski definition) is 1. The molecular formula is C11H9NO4. The van der Waals surface area contributed by atoms with Crippen molar-refractivity contribution >= 4 is 5.97 Å². The molecule has 0 bridgehead atoms. The van der Waals surface area contributed by atoms with Gasteiger partial charge in [0.1, 0.15) is 5.76 Å². The van der Waals surface area contributed by atoms with Crippen LogP contribution in [0, 0.1) is 0 Å². The SMILES string of the molecule is Cn1cc(C(=O)O)c(-c2ccco2)cc1=O. The smallest absolute Gasteiger partial charge is 0.337 e. The minimum Gasteiger partial charge on any atom is -0.478 e.